The predicted molar refractivity (Wildman–Crippen MR) is 79.7 cm³/mol. The van der Waals surface area contributed by atoms with Crippen LogP contribution < -0.4 is 5.73 Å². The standard InChI is InChI=1S/C16H28N2/c1-6-15(7-2)18(5)13(4)16(17)14-10-8-12(3)9-11-14/h8-11,13,15-16H,6-7,17H2,1-5H3. The van der Waals surface area contributed by atoms with E-state index < -0.39 is 0 Å². The van der Waals surface area contributed by atoms with E-state index >= 15 is 0 Å². The smallest absolute Gasteiger partial charge is 0.0450 e. The van der Waals surface area contributed by atoms with Gasteiger partial charge in [0, 0.05) is 18.1 Å². The highest BCUT2D eigenvalue weighted by Crippen LogP contribution is 2.21. The van der Waals surface area contributed by atoms with Crippen LogP contribution in [0.2, 0.25) is 0 Å². The lowest BCUT2D eigenvalue weighted by atomic mass is 9.97. The molecule has 0 heterocycles. The number of hydrogen-bond donors (Lipinski definition) is 1. The van der Waals surface area contributed by atoms with E-state index in [4.69, 9.17) is 5.73 Å². The molecule has 0 amide bonds. The van der Waals surface area contributed by atoms with Crippen molar-refractivity contribution in [2.45, 2.75) is 58.7 Å². The second kappa shape index (κ2) is 6.91. The highest BCUT2D eigenvalue weighted by molar-refractivity contribution is 5.24. The van der Waals surface area contributed by atoms with Gasteiger partial charge in [-0.3, -0.25) is 4.90 Å². The normalized spacial score (nSPS) is 15.1. The Morgan fingerprint density at radius 3 is 2.06 bits per heavy atom. The molecular formula is C16H28N2. The van der Waals surface area contributed by atoms with Crippen molar-refractivity contribution in [3.63, 3.8) is 0 Å². The SMILES string of the molecule is CCC(CC)N(C)C(C)C(N)c1ccc(C)cc1. The average molecular weight is 248 g/mol. The first-order valence-electron chi connectivity index (χ1n) is 7.05. The van der Waals surface area contributed by atoms with Gasteiger partial charge >= 0.3 is 0 Å². The van der Waals surface area contributed by atoms with E-state index in [1.807, 2.05) is 0 Å². The topological polar surface area (TPSA) is 29.3 Å². The Morgan fingerprint density at radius 1 is 1.11 bits per heavy atom. The molecule has 2 heteroatoms. The van der Waals surface area contributed by atoms with Crippen LogP contribution in [0.25, 0.3) is 0 Å². The van der Waals surface area contributed by atoms with Crippen molar-refractivity contribution in [1.29, 1.82) is 0 Å². The maximum absolute atomic E-state index is 6.40. The Balaban J connectivity index is 2.76. The molecule has 1 aromatic carbocycles. The van der Waals surface area contributed by atoms with Gasteiger partial charge in [0.1, 0.15) is 0 Å². The first kappa shape index (κ1) is 15.2. The molecule has 102 valence electrons. The number of hydrogen-bond acceptors (Lipinski definition) is 2. The van der Waals surface area contributed by atoms with Gasteiger partial charge in [-0.15, -0.1) is 0 Å². The van der Waals surface area contributed by atoms with Gasteiger partial charge in [-0.1, -0.05) is 43.7 Å². The third-order valence-corrected chi connectivity index (χ3v) is 4.14. The number of nitrogens with zero attached hydrogens (tertiary/aromatic N) is 1. The summed E-state index contributed by atoms with van der Waals surface area (Å²) >= 11 is 0. The van der Waals surface area contributed by atoms with E-state index in [2.05, 4.69) is 63.9 Å². The van der Waals surface area contributed by atoms with Crippen molar-refractivity contribution in [2.24, 2.45) is 5.73 Å². The minimum atomic E-state index is 0.0798. The molecule has 0 aromatic heterocycles. The van der Waals surface area contributed by atoms with Crippen LogP contribution in [-0.4, -0.2) is 24.0 Å². The molecule has 0 aliphatic carbocycles. The summed E-state index contributed by atoms with van der Waals surface area (Å²) in [6, 6.07) is 9.64. The predicted octanol–water partition coefficient (Wildman–Crippen LogP) is 3.50. The molecule has 0 fully saturated rings. The molecule has 0 saturated carbocycles. The van der Waals surface area contributed by atoms with Crippen LogP contribution in [0.4, 0.5) is 0 Å². The maximum Gasteiger partial charge on any atom is 0.0450 e. The molecule has 2 N–H and O–H groups in total. The Kier molecular flexibility index (Phi) is 5.83. The molecule has 0 aliphatic heterocycles. The Morgan fingerprint density at radius 2 is 1.61 bits per heavy atom. The summed E-state index contributed by atoms with van der Waals surface area (Å²) < 4.78 is 0. The lowest BCUT2D eigenvalue weighted by molar-refractivity contribution is 0.154. The monoisotopic (exact) mass is 248 g/mol. The Labute approximate surface area is 112 Å². The molecule has 0 radical (unpaired) electrons. The van der Waals surface area contributed by atoms with Crippen molar-refractivity contribution in [2.75, 3.05) is 7.05 Å². The number of benzene rings is 1. The van der Waals surface area contributed by atoms with Crippen molar-refractivity contribution >= 4 is 0 Å². The van der Waals surface area contributed by atoms with Crippen molar-refractivity contribution in [3.8, 4) is 0 Å². The maximum atomic E-state index is 6.40. The minimum absolute atomic E-state index is 0.0798. The third-order valence-electron chi connectivity index (χ3n) is 4.14. The summed E-state index contributed by atoms with van der Waals surface area (Å²) in [5.41, 5.74) is 8.91. The van der Waals surface area contributed by atoms with Gasteiger partial charge < -0.3 is 5.73 Å². The lowest BCUT2D eigenvalue weighted by Gasteiger charge is -2.35. The van der Waals surface area contributed by atoms with Crippen LogP contribution in [0.5, 0.6) is 0 Å². The van der Waals surface area contributed by atoms with E-state index in [1.54, 1.807) is 0 Å². The summed E-state index contributed by atoms with van der Waals surface area (Å²) in [4.78, 5) is 2.42. The molecule has 0 aliphatic rings. The van der Waals surface area contributed by atoms with Gasteiger partial charge in [0.15, 0.2) is 0 Å². The molecular weight excluding hydrogens is 220 g/mol. The van der Waals surface area contributed by atoms with Crippen LogP contribution in [0.1, 0.15) is 50.8 Å². The molecule has 0 spiro atoms. The second-order valence-corrected chi connectivity index (χ2v) is 5.31. The lowest BCUT2D eigenvalue weighted by Crippen LogP contribution is -2.43. The summed E-state index contributed by atoms with van der Waals surface area (Å²) in [5, 5.41) is 0. The molecule has 0 saturated heterocycles. The molecule has 2 unspecified atom stereocenters. The molecule has 1 aromatic rings. The largest absolute Gasteiger partial charge is 0.323 e. The number of rotatable bonds is 6. The molecule has 0 bridgehead atoms. The number of aryl methyl sites for hydroxylation is 1. The zero-order valence-corrected chi connectivity index (χ0v) is 12.5. The Hall–Kier alpha value is -0.860. The summed E-state index contributed by atoms with van der Waals surface area (Å²) in [5.74, 6) is 0. The minimum Gasteiger partial charge on any atom is -0.323 e. The molecule has 1 rings (SSSR count). The van der Waals surface area contributed by atoms with Gasteiger partial charge in [-0.05, 0) is 39.3 Å². The second-order valence-electron chi connectivity index (χ2n) is 5.31. The number of nitrogens with two attached hydrogens (primary N) is 1. The average Bonchev–Trinajstić information content (AvgIpc) is 2.39. The van der Waals surface area contributed by atoms with Crippen LogP contribution in [0.3, 0.4) is 0 Å². The molecule has 2 nitrogen and oxygen atoms in total. The Bertz CT molecular complexity index is 341. The van der Waals surface area contributed by atoms with Crippen LogP contribution in [0.15, 0.2) is 24.3 Å². The zero-order chi connectivity index (χ0) is 13.7. The van der Waals surface area contributed by atoms with Gasteiger partial charge in [0.2, 0.25) is 0 Å². The molecule has 2 atom stereocenters. The van der Waals surface area contributed by atoms with Crippen LogP contribution >= 0.6 is 0 Å². The highest BCUT2D eigenvalue weighted by Gasteiger charge is 2.23. The van der Waals surface area contributed by atoms with Gasteiger partial charge in [0.05, 0.1) is 0 Å². The molecule has 18 heavy (non-hydrogen) atoms. The fraction of sp³-hybridized carbons (Fsp3) is 0.625. The summed E-state index contributed by atoms with van der Waals surface area (Å²) in [7, 11) is 2.19. The van der Waals surface area contributed by atoms with E-state index in [1.165, 1.54) is 24.0 Å². The first-order valence-corrected chi connectivity index (χ1v) is 7.05. The number of likely N-dealkylation sites (N-methyl/N-ethyl adjacent to an activating group) is 1. The summed E-state index contributed by atoms with van der Waals surface area (Å²) in [6.07, 6.45) is 2.36. The van der Waals surface area contributed by atoms with E-state index in [0.717, 1.165) is 0 Å². The van der Waals surface area contributed by atoms with E-state index in [9.17, 15) is 0 Å². The summed E-state index contributed by atoms with van der Waals surface area (Å²) in [6.45, 7) is 8.82. The van der Waals surface area contributed by atoms with Gasteiger partial charge in [-0.25, -0.2) is 0 Å². The van der Waals surface area contributed by atoms with E-state index in [0.29, 0.717) is 12.1 Å². The van der Waals surface area contributed by atoms with Crippen molar-refractivity contribution < 1.29 is 0 Å². The highest BCUT2D eigenvalue weighted by atomic mass is 15.2. The van der Waals surface area contributed by atoms with Crippen molar-refractivity contribution in [1.82, 2.24) is 4.90 Å². The first-order chi connectivity index (χ1) is 8.51. The van der Waals surface area contributed by atoms with Crippen molar-refractivity contribution in [3.05, 3.63) is 35.4 Å². The van der Waals surface area contributed by atoms with Gasteiger partial charge in [-0.2, -0.15) is 0 Å². The zero-order valence-electron chi connectivity index (χ0n) is 12.5. The van der Waals surface area contributed by atoms with Gasteiger partial charge in [0.25, 0.3) is 0 Å². The van der Waals surface area contributed by atoms with Crippen LogP contribution in [-0.2, 0) is 0 Å². The fourth-order valence-corrected chi connectivity index (χ4v) is 2.52. The fourth-order valence-electron chi connectivity index (χ4n) is 2.52. The third kappa shape index (κ3) is 3.56. The quantitative estimate of drug-likeness (QED) is 0.835. The van der Waals surface area contributed by atoms with E-state index in [-0.39, 0.29) is 6.04 Å². The van der Waals surface area contributed by atoms with Crippen LogP contribution in [0, 0.1) is 6.92 Å².